The lowest BCUT2D eigenvalue weighted by Gasteiger charge is -2.12. The van der Waals surface area contributed by atoms with Crippen LogP contribution in [0.4, 0.5) is 5.82 Å². The lowest BCUT2D eigenvalue weighted by molar-refractivity contribution is -0.119. The molecule has 1 amide bonds. The topological polar surface area (TPSA) is 42.0 Å². The average molecular weight is 294 g/mol. The van der Waals surface area contributed by atoms with Crippen LogP contribution >= 0.6 is 0 Å². The number of nitrogens with zero attached hydrogens (tertiary/aromatic N) is 1. The fraction of sp³-hybridized carbons (Fsp3) is 0.368. The molecule has 1 aliphatic rings. The number of fused-ring (bicyclic) bond motifs is 1. The first kappa shape index (κ1) is 14.8. The number of carbonyl (C=O) groups excluding carboxylic acids is 1. The zero-order chi connectivity index (χ0) is 15.7. The molecule has 114 valence electrons. The van der Waals surface area contributed by atoms with Gasteiger partial charge in [0, 0.05) is 12.1 Å². The molecular weight excluding hydrogens is 272 g/mol. The third-order valence-electron chi connectivity index (χ3n) is 4.43. The normalized spacial score (nSPS) is 16.6. The zero-order valence-electron chi connectivity index (χ0n) is 13.4. The first-order chi connectivity index (χ1) is 10.5. The van der Waals surface area contributed by atoms with Gasteiger partial charge in [0.05, 0.1) is 0 Å². The predicted molar refractivity (Wildman–Crippen MR) is 89.0 cm³/mol. The number of aryl methyl sites for hydroxylation is 1. The number of hydrogen-bond donors (Lipinski definition) is 1. The average Bonchev–Trinajstić information content (AvgIpc) is 2.90. The molecule has 0 saturated carbocycles. The minimum absolute atomic E-state index is 0.0128. The van der Waals surface area contributed by atoms with Crippen molar-refractivity contribution >= 4 is 11.7 Å². The lowest BCUT2D eigenvalue weighted by Crippen LogP contribution is -2.23. The maximum absolute atomic E-state index is 12.4. The van der Waals surface area contributed by atoms with Crippen LogP contribution in [-0.2, 0) is 17.6 Å². The molecule has 3 rings (SSSR count). The van der Waals surface area contributed by atoms with Crippen molar-refractivity contribution in [2.45, 2.75) is 39.5 Å². The Hall–Kier alpha value is -2.16. The molecule has 0 radical (unpaired) electrons. The van der Waals surface area contributed by atoms with Gasteiger partial charge in [0.1, 0.15) is 5.82 Å². The fourth-order valence-electron chi connectivity index (χ4n) is 3.29. The summed E-state index contributed by atoms with van der Waals surface area (Å²) in [6.07, 6.45) is 3.35. The minimum Gasteiger partial charge on any atom is -0.310 e. The van der Waals surface area contributed by atoms with Crippen molar-refractivity contribution in [2.24, 2.45) is 5.92 Å². The molecule has 1 atom stereocenters. The Kier molecular flexibility index (Phi) is 3.97. The summed E-state index contributed by atoms with van der Waals surface area (Å²) in [5, 5.41) is 2.92. The van der Waals surface area contributed by atoms with Crippen LogP contribution in [0.1, 0.15) is 42.0 Å². The van der Waals surface area contributed by atoms with E-state index in [9.17, 15) is 4.79 Å². The minimum atomic E-state index is 0.0128. The van der Waals surface area contributed by atoms with E-state index in [1.54, 1.807) is 6.20 Å². The van der Waals surface area contributed by atoms with Gasteiger partial charge in [-0.15, -0.1) is 0 Å². The van der Waals surface area contributed by atoms with Gasteiger partial charge in [0.25, 0.3) is 0 Å². The molecular formula is C19H22N2O. The third-order valence-corrected chi connectivity index (χ3v) is 4.43. The maximum Gasteiger partial charge on any atom is 0.229 e. The molecule has 3 heteroatoms. The molecule has 0 aliphatic heterocycles. The van der Waals surface area contributed by atoms with Crippen molar-refractivity contribution in [1.29, 1.82) is 0 Å². The summed E-state index contributed by atoms with van der Waals surface area (Å²) in [5.41, 5.74) is 5.38. The molecule has 1 N–H and O–H groups in total. The molecule has 1 aromatic heterocycles. The standard InChI is InChI=1S/C19H22N2O/c1-12(2)17-11-15-10-16(9-14(15)8-13(17)3)19(22)21-18-6-4-5-7-20-18/h4-8,11-12,16H,9-10H2,1-3H3,(H,20,21,22). The molecule has 0 spiro atoms. The fourth-order valence-corrected chi connectivity index (χ4v) is 3.29. The van der Waals surface area contributed by atoms with Gasteiger partial charge < -0.3 is 5.32 Å². The summed E-state index contributed by atoms with van der Waals surface area (Å²) >= 11 is 0. The Morgan fingerprint density at radius 2 is 1.95 bits per heavy atom. The van der Waals surface area contributed by atoms with Gasteiger partial charge in [-0.05, 0) is 60.1 Å². The number of rotatable bonds is 3. The number of nitrogens with one attached hydrogen (secondary N) is 1. The summed E-state index contributed by atoms with van der Waals surface area (Å²) in [5.74, 6) is 1.23. The van der Waals surface area contributed by atoms with Crippen LogP contribution in [0.2, 0.25) is 0 Å². The van der Waals surface area contributed by atoms with E-state index in [4.69, 9.17) is 0 Å². The van der Waals surface area contributed by atoms with Crippen LogP contribution in [0, 0.1) is 12.8 Å². The molecule has 1 aliphatic carbocycles. The highest BCUT2D eigenvalue weighted by Crippen LogP contribution is 2.32. The van der Waals surface area contributed by atoms with E-state index < -0.39 is 0 Å². The SMILES string of the molecule is Cc1cc2c(cc1C(C)C)CC(C(=O)Nc1ccccn1)C2. The van der Waals surface area contributed by atoms with Gasteiger partial charge in [-0.2, -0.15) is 0 Å². The number of hydrogen-bond acceptors (Lipinski definition) is 2. The number of anilines is 1. The highest BCUT2D eigenvalue weighted by Gasteiger charge is 2.28. The van der Waals surface area contributed by atoms with E-state index >= 15 is 0 Å². The summed E-state index contributed by atoms with van der Waals surface area (Å²) in [6.45, 7) is 6.60. The van der Waals surface area contributed by atoms with E-state index in [2.05, 4.69) is 43.2 Å². The monoisotopic (exact) mass is 294 g/mol. The second-order valence-corrected chi connectivity index (χ2v) is 6.44. The Morgan fingerprint density at radius 1 is 1.23 bits per heavy atom. The van der Waals surface area contributed by atoms with Crippen LogP contribution in [0.5, 0.6) is 0 Å². The summed E-state index contributed by atoms with van der Waals surface area (Å²) < 4.78 is 0. The van der Waals surface area contributed by atoms with E-state index in [0.29, 0.717) is 11.7 Å². The number of benzene rings is 1. The van der Waals surface area contributed by atoms with Crippen LogP contribution in [-0.4, -0.2) is 10.9 Å². The van der Waals surface area contributed by atoms with Crippen molar-refractivity contribution in [3.05, 3.63) is 58.8 Å². The second kappa shape index (κ2) is 5.91. The van der Waals surface area contributed by atoms with Crippen molar-refractivity contribution in [3.63, 3.8) is 0 Å². The van der Waals surface area contributed by atoms with Crippen LogP contribution in [0.15, 0.2) is 36.5 Å². The smallest absolute Gasteiger partial charge is 0.229 e. The summed E-state index contributed by atoms with van der Waals surface area (Å²) in [7, 11) is 0. The predicted octanol–water partition coefficient (Wildman–Crippen LogP) is 3.87. The first-order valence-electron chi connectivity index (χ1n) is 7.88. The van der Waals surface area contributed by atoms with Gasteiger partial charge in [-0.25, -0.2) is 4.98 Å². The van der Waals surface area contributed by atoms with Crippen LogP contribution in [0.3, 0.4) is 0 Å². The van der Waals surface area contributed by atoms with E-state index in [1.807, 2.05) is 18.2 Å². The van der Waals surface area contributed by atoms with Gasteiger partial charge in [0.15, 0.2) is 0 Å². The van der Waals surface area contributed by atoms with E-state index in [1.165, 1.54) is 22.3 Å². The molecule has 22 heavy (non-hydrogen) atoms. The highest BCUT2D eigenvalue weighted by molar-refractivity contribution is 5.92. The third kappa shape index (κ3) is 2.89. The molecule has 1 heterocycles. The molecule has 1 unspecified atom stereocenters. The summed E-state index contributed by atoms with van der Waals surface area (Å²) in [6, 6.07) is 10.1. The summed E-state index contributed by atoms with van der Waals surface area (Å²) in [4.78, 5) is 16.6. The van der Waals surface area contributed by atoms with Gasteiger partial charge >= 0.3 is 0 Å². The van der Waals surface area contributed by atoms with Crippen molar-refractivity contribution in [3.8, 4) is 0 Å². The largest absolute Gasteiger partial charge is 0.310 e. The zero-order valence-corrected chi connectivity index (χ0v) is 13.4. The number of pyridine rings is 1. The first-order valence-corrected chi connectivity index (χ1v) is 7.88. The van der Waals surface area contributed by atoms with Crippen LogP contribution < -0.4 is 5.32 Å². The molecule has 0 saturated heterocycles. The van der Waals surface area contributed by atoms with Gasteiger partial charge in [-0.3, -0.25) is 4.79 Å². The Bertz CT molecular complexity index is 692. The number of aromatic nitrogens is 1. The van der Waals surface area contributed by atoms with Crippen molar-refractivity contribution in [1.82, 2.24) is 4.98 Å². The van der Waals surface area contributed by atoms with E-state index in [-0.39, 0.29) is 11.8 Å². The van der Waals surface area contributed by atoms with Crippen LogP contribution in [0.25, 0.3) is 0 Å². The second-order valence-electron chi connectivity index (χ2n) is 6.44. The van der Waals surface area contributed by atoms with Crippen molar-refractivity contribution < 1.29 is 4.79 Å². The Morgan fingerprint density at radius 3 is 2.59 bits per heavy atom. The quantitative estimate of drug-likeness (QED) is 0.933. The van der Waals surface area contributed by atoms with Crippen molar-refractivity contribution in [2.75, 3.05) is 5.32 Å². The number of amides is 1. The molecule has 1 aromatic carbocycles. The molecule has 2 aromatic rings. The van der Waals surface area contributed by atoms with Gasteiger partial charge in [-0.1, -0.05) is 32.0 Å². The highest BCUT2D eigenvalue weighted by atomic mass is 16.1. The Labute approximate surface area is 131 Å². The molecule has 0 bridgehead atoms. The van der Waals surface area contributed by atoms with E-state index in [0.717, 1.165) is 12.8 Å². The maximum atomic E-state index is 12.4. The molecule has 3 nitrogen and oxygen atoms in total. The number of carbonyl (C=O) groups is 1. The lowest BCUT2D eigenvalue weighted by atomic mass is 9.94. The molecule has 0 fully saturated rings. The van der Waals surface area contributed by atoms with Gasteiger partial charge in [0.2, 0.25) is 5.91 Å². The Balaban J connectivity index is 1.75.